The minimum absolute atomic E-state index is 0.0358. The topological polar surface area (TPSA) is 101 Å². The Morgan fingerprint density at radius 2 is 2.14 bits per heavy atom. The predicted octanol–water partition coefficient (Wildman–Crippen LogP) is 2.66. The summed E-state index contributed by atoms with van der Waals surface area (Å²) in [5, 5.41) is 13.1. The molecule has 22 heavy (non-hydrogen) atoms. The van der Waals surface area contributed by atoms with Gasteiger partial charge in [0.2, 0.25) is 5.95 Å². The summed E-state index contributed by atoms with van der Waals surface area (Å²) in [5.41, 5.74) is 1.18. The van der Waals surface area contributed by atoms with Crippen LogP contribution in [-0.2, 0) is 0 Å². The van der Waals surface area contributed by atoms with Crippen molar-refractivity contribution in [3.63, 3.8) is 0 Å². The number of nitrogens with zero attached hydrogens (tertiary/aromatic N) is 4. The summed E-state index contributed by atoms with van der Waals surface area (Å²) < 4.78 is 0.487. The lowest BCUT2D eigenvalue weighted by Gasteiger charge is -2.13. The Balaban J connectivity index is 1.99. The number of hydrogen-bond acceptors (Lipinski definition) is 7. The highest BCUT2D eigenvalue weighted by molar-refractivity contribution is 7.18. The third-order valence-electron chi connectivity index (χ3n) is 3.04. The Morgan fingerprint density at radius 3 is 2.82 bits per heavy atom. The van der Waals surface area contributed by atoms with Crippen LogP contribution in [0.1, 0.15) is 34.2 Å². The summed E-state index contributed by atoms with van der Waals surface area (Å²) in [6, 6.07) is 5.44. The van der Waals surface area contributed by atoms with Crippen LogP contribution in [0.15, 0.2) is 24.4 Å². The number of carbonyl (C=O) groups is 1. The first-order chi connectivity index (χ1) is 10.5. The smallest absolute Gasteiger partial charge is 0.356 e. The number of aromatic carboxylic acids is 1. The number of fused-ring (bicyclic) bond motifs is 1. The molecule has 0 aromatic carbocycles. The van der Waals surface area contributed by atoms with Gasteiger partial charge in [-0.15, -0.1) is 11.3 Å². The number of nitrogens with one attached hydrogen (secondary N) is 1. The van der Waals surface area contributed by atoms with Crippen LogP contribution in [0.25, 0.3) is 10.3 Å². The zero-order valence-corrected chi connectivity index (χ0v) is 12.8. The quantitative estimate of drug-likeness (QED) is 0.763. The minimum atomic E-state index is -1.09. The van der Waals surface area contributed by atoms with Crippen molar-refractivity contribution < 1.29 is 9.90 Å². The summed E-state index contributed by atoms with van der Waals surface area (Å²) in [6.45, 7) is 3.71. The van der Waals surface area contributed by atoms with Gasteiger partial charge in [0.05, 0.1) is 16.7 Å². The molecule has 0 saturated carbocycles. The minimum Gasteiger partial charge on any atom is -0.476 e. The summed E-state index contributed by atoms with van der Waals surface area (Å²) in [5.74, 6) is -0.863. The number of anilines is 1. The van der Waals surface area contributed by atoms with Gasteiger partial charge in [-0.3, -0.25) is 4.98 Å². The molecule has 0 aliphatic rings. The van der Waals surface area contributed by atoms with Crippen molar-refractivity contribution in [3.8, 4) is 0 Å². The second-order valence-corrected chi connectivity index (χ2v) is 5.91. The van der Waals surface area contributed by atoms with Crippen LogP contribution < -0.4 is 5.32 Å². The highest BCUT2D eigenvalue weighted by Gasteiger charge is 2.18. The molecule has 0 saturated heterocycles. The second kappa shape index (κ2) is 5.64. The van der Waals surface area contributed by atoms with Crippen LogP contribution in [0.2, 0.25) is 0 Å². The number of aromatic nitrogens is 4. The second-order valence-electron chi connectivity index (χ2n) is 4.71. The van der Waals surface area contributed by atoms with Gasteiger partial charge in [0.1, 0.15) is 4.70 Å². The van der Waals surface area contributed by atoms with Gasteiger partial charge in [0.15, 0.2) is 11.3 Å². The van der Waals surface area contributed by atoms with Gasteiger partial charge in [0.25, 0.3) is 0 Å². The van der Waals surface area contributed by atoms with Crippen LogP contribution in [-0.4, -0.2) is 31.0 Å². The lowest BCUT2D eigenvalue weighted by Crippen LogP contribution is -2.13. The molecule has 1 atom stereocenters. The Bertz CT molecular complexity index is 834. The highest BCUT2D eigenvalue weighted by Crippen LogP contribution is 2.25. The zero-order chi connectivity index (χ0) is 15.7. The zero-order valence-electron chi connectivity index (χ0n) is 11.9. The normalized spacial score (nSPS) is 12.3. The lowest BCUT2D eigenvalue weighted by molar-refractivity contribution is 0.0693. The monoisotopic (exact) mass is 315 g/mol. The van der Waals surface area contributed by atoms with Gasteiger partial charge in [-0.25, -0.2) is 14.8 Å². The van der Waals surface area contributed by atoms with Crippen molar-refractivity contribution in [2.75, 3.05) is 5.32 Å². The third kappa shape index (κ3) is 2.73. The van der Waals surface area contributed by atoms with Crippen molar-refractivity contribution in [1.82, 2.24) is 19.9 Å². The molecule has 0 fully saturated rings. The molecular formula is C14H13N5O2S. The standard InChI is InChI=1S/C14H13N5O2S/c1-7(9-5-3-4-6-15-9)16-14-18-10(13(20)21)11-12(19-14)17-8(2)22-11/h3-7H,1-2H3,(H,20,21)(H,16,18,19)/t7-/m0/s1. The Hall–Kier alpha value is -2.61. The number of aryl methyl sites for hydroxylation is 1. The lowest BCUT2D eigenvalue weighted by atomic mass is 10.2. The van der Waals surface area contributed by atoms with Crippen LogP contribution in [0.4, 0.5) is 5.95 Å². The molecule has 3 aromatic heterocycles. The molecule has 112 valence electrons. The molecule has 8 heteroatoms. The average Bonchev–Trinajstić information content (AvgIpc) is 2.87. The molecule has 3 heterocycles. The molecule has 0 amide bonds. The van der Waals surface area contributed by atoms with Crippen molar-refractivity contribution in [2.24, 2.45) is 0 Å². The molecule has 7 nitrogen and oxygen atoms in total. The van der Waals surface area contributed by atoms with E-state index >= 15 is 0 Å². The van der Waals surface area contributed by atoms with E-state index in [4.69, 9.17) is 0 Å². The van der Waals surface area contributed by atoms with Crippen LogP contribution in [0, 0.1) is 6.92 Å². The van der Waals surface area contributed by atoms with E-state index in [9.17, 15) is 9.90 Å². The van der Waals surface area contributed by atoms with Gasteiger partial charge < -0.3 is 10.4 Å². The third-order valence-corrected chi connectivity index (χ3v) is 4.01. The molecule has 0 aliphatic heterocycles. The number of pyridine rings is 1. The van der Waals surface area contributed by atoms with E-state index in [-0.39, 0.29) is 17.7 Å². The maximum Gasteiger partial charge on any atom is 0.356 e. The molecule has 0 aliphatic carbocycles. The number of hydrogen-bond donors (Lipinski definition) is 2. The van der Waals surface area contributed by atoms with Crippen molar-refractivity contribution in [2.45, 2.75) is 19.9 Å². The molecule has 0 bridgehead atoms. The molecule has 0 radical (unpaired) electrons. The first-order valence-corrected chi connectivity index (χ1v) is 7.42. The van der Waals surface area contributed by atoms with E-state index in [0.29, 0.717) is 10.3 Å². The van der Waals surface area contributed by atoms with Gasteiger partial charge >= 0.3 is 5.97 Å². The van der Waals surface area contributed by atoms with E-state index in [2.05, 4.69) is 25.3 Å². The molecule has 0 spiro atoms. The predicted molar refractivity (Wildman–Crippen MR) is 83.2 cm³/mol. The number of carboxylic acid groups (broad SMARTS) is 1. The van der Waals surface area contributed by atoms with E-state index in [0.717, 1.165) is 10.7 Å². The van der Waals surface area contributed by atoms with Crippen molar-refractivity contribution in [1.29, 1.82) is 0 Å². The number of thiazole rings is 1. The number of carboxylic acids is 1. The Labute approximate surface area is 130 Å². The molecule has 3 aromatic rings. The number of rotatable bonds is 4. The molecule has 0 unspecified atom stereocenters. The van der Waals surface area contributed by atoms with Crippen LogP contribution >= 0.6 is 11.3 Å². The summed E-state index contributed by atoms with van der Waals surface area (Å²) in [6.07, 6.45) is 1.70. The van der Waals surface area contributed by atoms with E-state index in [1.165, 1.54) is 11.3 Å². The molecular weight excluding hydrogens is 302 g/mol. The van der Waals surface area contributed by atoms with Gasteiger partial charge in [-0.2, -0.15) is 4.98 Å². The van der Waals surface area contributed by atoms with E-state index in [1.807, 2.05) is 32.0 Å². The fourth-order valence-corrected chi connectivity index (χ4v) is 2.88. The summed E-state index contributed by atoms with van der Waals surface area (Å²) in [7, 11) is 0. The van der Waals surface area contributed by atoms with E-state index in [1.54, 1.807) is 6.20 Å². The first kappa shape index (κ1) is 14.3. The summed E-state index contributed by atoms with van der Waals surface area (Å²) in [4.78, 5) is 28.3. The van der Waals surface area contributed by atoms with Crippen LogP contribution in [0.3, 0.4) is 0 Å². The van der Waals surface area contributed by atoms with Crippen molar-refractivity contribution >= 4 is 33.6 Å². The van der Waals surface area contributed by atoms with Gasteiger partial charge in [-0.05, 0) is 26.0 Å². The average molecular weight is 315 g/mol. The fourth-order valence-electron chi connectivity index (χ4n) is 2.04. The Kier molecular flexibility index (Phi) is 3.68. The first-order valence-electron chi connectivity index (χ1n) is 6.60. The maximum absolute atomic E-state index is 11.4. The van der Waals surface area contributed by atoms with Gasteiger partial charge in [-0.1, -0.05) is 6.07 Å². The highest BCUT2D eigenvalue weighted by atomic mass is 32.1. The largest absolute Gasteiger partial charge is 0.476 e. The van der Waals surface area contributed by atoms with E-state index < -0.39 is 5.97 Å². The van der Waals surface area contributed by atoms with Gasteiger partial charge in [0, 0.05) is 6.20 Å². The summed E-state index contributed by atoms with van der Waals surface area (Å²) >= 11 is 1.27. The Morgan fingerprint density at radius 1 is 1.32 bits per heavy atom. The van der Waals surface area contributed by atoms with Crippen molar-refractivity contribution in [3.05, 3.63) is 40.8 Å². The fraction of sp³-hybridized carbons (Fsp3) is 0.214. The SMILES string of the molecule is Cc1nc2nc(N[C@@H](C)c3ccccn3)nc(C(=O)O)c2s1. The molecule has 3 rings (SSSR count). The molecule has 2 N–H and O–H groups in total. The van der Waals surface area contributed by atoms with Crippen LogP contribution in [0.5, 0.6) is 0 Å². The maximum atomic E-state index is 11.4.